The van der Waals surface area contributed by atoms with Gasteiger partial charge in [0.15, 0.2) is 5.79 Å². The van der Waals surface area contributed by atoms with Crippen LogP contribution in [0.2, 0.25) is 5.02 Å². The quantitative estimate of drug-likeness (QED) is 0.880. The van der Waals surface area contributed by atoms with Gasteiger partial charge in [-0.3, -0.25) is 0 Å². The number of anilines is 1. The van der Waals surface area contributed by atoms with Crippen LogP contribution in [0.15, 0.2) is 18.2 Å². The summed E-state index contributed by atoms with van der Waals surface area (Å²) in [5.74, 6) is -0.469. The Kier molecular flexibility index (Phi) is 3.61. The first-order valence-electron chi connectivity index (χ1n) is 5.77. The molecular formula is C13H18ClNO2. The Labute approximate surface area is 107 Å². The SMILES string of the molecule is Cc1ccc(NC2COC(C)(C)OC2)cc1Cl. The lowest BCUT2D eigenvalue weighted by Gasteiger charge is -2.35. The first kappa shape index (κ1) is 12.7. The van der Waals surface area contributed by atoms with Gasteiger partial charge in [0.2, 0.25) is 0 Å². The van der Waals surface area contributed by atoms with Crippen molar-refractivity contribution in [3.63, 3.8) is 0 Å². The first-order chi connectivity index (χ1) is 7.96. The first-order valence-corrected chi connectivity index (χ1v) is 6.15. The lowest BCUT2D eigenvalue weighted by atomic mass is 10.2. The Balaban J connectivity index is 1.95. The number of halogens is 1. The molecule has 4 heteroatoms. The van der Waals surface area contributed by atoms with E-state index >= 15 is 0 Å². The predicted molar refractivity (Wildman–Crippen MR) is 69.6 cm³/mol. The molecular weight excluding hydrogens is 238 g/mol. The topological polar surface area (TPSA) is 30.5 Å². The van der Waals surface area contributed by atoms with E-state index in [9.17, 15) is 0 Å². The molecule has 0 radical (unpaired) electrons. The highest BCUT2D eigenvalue weighted by Crippen LogP contribution is 2.23. The molecule has 0 amide bonds. The lowest BCUT2D eigenvalue weighted by molar-refractivity contribution is -0.247. The van der Waals surface area contributed by atoms with Crippen LogP contribution in [0.3, 0.4) is 0 Å². The molecule has 1 saturated heterocycles. The van der Waals surface area contributed by atoms with Crippen LogP contribution in [0.4, 0.5) is 5.69 Å². The van der Waals surface area contributed by atoms with E-state index in [4.69, 9.17) is 21.1 Å². The Morgan fingerprint density at radius 2 is 1.94 bits per heavy atom. The molecule has 3 nitrogen and oxygen atoms in total. The van der Waals surface area contributed by atoms with E-state index in [1.54, 1.807) is 0 Å². The molecule has 1 aromatic rings. The predicted octanol–water partition coefficient (Wildman–Crippen LogP) is 3.21. The van der Waals surface area contributed by atoms with Gasteiger partial charge in [0.05, 0.1) is 19.3 Å². The number of hydrogen-bond donors (Lipinski definition) is 1. The molecule has 0 unspecified atom stereocenters. The fraction of sp³-hybridized carbons (Fsp3) is 0.538. The van der Waals surface area contributed by atoms with Crippen molar-refractivity contribution in [1.29, 1.82) is 0 Å². The highest BCUT2D eigenvalue weighted by molar-refractivity contribution is 6.31. The van der Waals surface area contributed by atoms with E-state index in [-0.39, 0.29) is 6.04 Å². The van der Waals surface area contributed by atoms with E-state index in [0.29, 0.717) is 13.2 Å². The normalized spacial score (nSPS) is 20.2. The summed E-state index contributed by atoms with van der Waals surface area (Å²) in [7, 11) is 0. The maximum absolute atomic E-state index is 6.07. The second-order valence-corrected chi connectivity index (χ2v) is 5.23. The van der Waals surface area contributed by atoms with Crippen LogP contribution < -0.4 is 5.32 Å². The third-order valence-electron chi connectivity index (χ3n) is 2.81. The Morgan fingerprint density at radius 3 is 2.53 bits per heavy atom. The fourth-order valence-electron chi connectivity index (χ4n) is 1.69. The third kappa shape index (κ3) is 3.35. The van der Waals surface area contributed by atoms with Crippen molar-refractivity contribution < 1.29 is 9.47 Å². The smallest absolute Gasteiger partial charge is 0.162 e. The Bertz CT molecular complexity index is 396. The molecule has 0 saturated carbocycles. The van der Waals surface area contributed by atoms with Gasteiger partial charge in [0, 0.05) is 10.7 Å². The third-order valence-corrected chi connectivity index (χ3v) is 3.21. The average molecular weight is 256 g/mol. The van der Waals surface area contributed by atoms with Gasteiger partial charge in [-0.1, -0.05) is 17.7 Å². The van der Waals surface area contributed by atoms with Crippen molar-refractivity contribution in [3.05, 3.63) is 28.8 Å². The number of aryl methyl sites for hydroxylation is 1. The summed E-state index contributed by atoms with van der Waals surface area (Å²) in [5, 5.41) is 4.12. The largest absolute Gasteiger partial charge is 0.378 e. The van der Waals surface area contributed by atoms with Gasteiger partial charge in [0.25, 0.3) is 0 Å². The van der Waals surface area contributed by atoms with Crippen LogP contribution in [-0.2, 0) is 9.47 Å². The van der Waals surface area contributed by atoms with Crippen LogP contribution in [-0.4, -0.2) is 25.0 Å². The summed E-state index contributed by atoms with van der Waals surface area (Å²) >= 11 is 6.07. The van der Waals surface area contributed by atoms with Crippen LogP contribution in [0.5, 0.6) is 0 Å². The molecule has 1 heterocycles. The standard InChI is InChI=1S/C13H18ClNO2/c1-9-4-5-10(6-12(9)14)15-11-7-16-13(2,3)17-8-11/h4-6,11,15H,7-8H2,1-3H3. The van der Waals surface area contributed by atoms with Crippen molar-refractivity contribution in [2.75, 3.05) is 18.5 Å². The van der Waals surface area contributed by atoms with Gasteiger partial charge in [0.1, 0.15) is 0 Å². The van der Waals surface area contributed by atoms with E-state index in [1.165, 1.54) is 0 Å². The van der Waals surface area contributed by atoms with Crippen molar-refractivity contribution in [2.45, 2.75) is 32.6 Å². The zero-order valence-corrected chi connectivity index (χ0v) is 11.2. The summed E-state index contributed by atoms with van der Waals surface area (Å²) < 4.78 is 11.2. The molecule has 1 aromatic carbocycles. The van der Waals surface area contributed by atoms with Crippen molar-refractivity contribution in [1.82, 2.24) is 0 Å². The average Bonchev–Trinajstić information content (AvgIpc) is 2.27. The second-order valence-electron chi connectivity index (χ2n) is 4.83. The van der Waals surface area contributed by atoms with Gasteiger partial charge < -0.3 is 14.8 Å². The summed E-state index contributed by atoms with van der Waals surface area (Å²) in [6, 6.07) is 6.11. The van der Waals surface area contributed by atoms with Crippen LogP contribution >= 0.6 is 11.6 Å². The number of ether oxygens (including phenoxy) is 2. The van der Waals surface area contributed by atoms with E-state index in [0.717, 1.165) is 16.3 Å². The molecule has 0 bridgehead atoms. The van der Waals surface area contributed by atoms with Gasteiger partial charge in [-0.25, -0.2) is 0 Å². The second kappa shape index (κ2) is 4.84. The minimum Gasteiger partial charge on any atom is -0.378 e. The highest BCUT2D eigenvalue weighted by atomic mass is 35.5. The molecule has 1 fully saturated rings. The molecule has 0 aliphatic carbocycles. The van der Waals surface area contributed by atoms with E-state index in [2.05, 4.69) is 5.32 Å². The maximum Gasteiger partial charge on any atom is 0.162 e. The van der Waals surface area contributed by atoms with Gasteiger partial charge in [-0.15, -0.1) is 0 Å². The highest BCUT2D eigenvalue weighted by Gasteiger charge is 2.28. The van der Waals surface area contributed by atoms with Gasteiger partial charge >= 0.3 is 0 Å². The summed E-state index contributed by atoms with van der Waals surface area (Å²) in [4.78, 5) is 0. The molecule has 17 heavy (non-hydrogen) atoms. The minimum absolute atomic E-state index is 0.168. The molecule has 2 rings (SSSR count). The Hall–Kier alpha value is -0.770. The van der Waals surface area contributed by atoms with Crippen LogP contribution in [0.1, 0.15) is 19.4 Å². The van der Waals surface area contributed by atoms with Crippen molar-refractivity contribution in [2.24, 2.45) is 0 Å². The van der Waals surface area contributed by atoms with E-state index < -0.39 is 5.79 Å². The molecule has 1 aliphatic rings. The summed E-state index contributed by atoms with van der Waals surface area (Å²) in [5.41, 5.74) is 2.08. The van der Waals surface area contributed by atoms with Crippen LogP contribution in [0.25, 0.3) is 0 Å². The Morgan fingerprint density at radius 1 is 1.29 bits per heavy atom. The number of nitrogens with one attached hydrogen (secondary N) is 1. The zero-order valence-electron chi connectivity index (χ0n) is 10.4. The summed E-state index contributed by atoms with van der Waals surface area (Å²) in [6.07, 6.45) is 0. The minimum atomic E-state index is -0.469. The van der Waals surface area contributed by atoms with Crippen molar-refractivity contribution >= 4 is 17.3 Å². The van der Waals surface area contributed by atoms with Crippen LogP contribution in [0, 0.1) is 6.92 Å². The molecule has 0 spiro atoms. The zero-order chi connectivity index (χ0) is 12.5. The van der Waals surface area contributed by atoms with Gasteiger partial charge in [-0.05, 0) is 38.5 Å². The maximum atomic E-state index is 6.07. The number of hydrogen-bond acceptors (Lipinski definition) is 3. The van der Waals surface area contributed by atoms with E-state index in [1.807, 2.05) is 39.0 Å². The number of benzene rings is 1. The number of rotatable bonds is 2. The molecule has 0 aromatic heterocycles. The van der Waals surface area contributed by atoms with Gasteiger partial charge in [-0.2, -0.15) is 0 Å². The molecule has 0 atom stereocenters. The van der Waals surface area contributed by atoms with Crippen molar-refractivity contribution in [3.8, 4) is 0 Å². The monoisotopic (exact) mass is 255 g/mol. The molecule has 94 valence electrons. The lowest BCUT2D eigenvalue weighted by Crippen LogP contribution is -2.45. The molecule has 1 aliphatic heterocycles. The summed E-state index contributed by atoms with van der Waals surface area (Å²) in [6.45, 7) is 7.11. The fourth-order valence-corrected chi connectivity index (χ4v) is 1.87. The molecule has 1 N–H and O–H groups in total.